The molecule has 0 spiro atoms. The zero-order valence-corrected chi connectivity index (χ0v) is 17.1. The van der Waals surface area contributed by atoms with Gasteiger partial charge in [0.1, 0.15) is 12.2 Å². The molecule has 3 saturated carbocycles. The van der Waals surface area contributed by atoms with E-state index in [2.05, 4.69) is 0 Å². The van der Waals surface area contributed by atoms with Crippen molar-refractivity contribution < 1.29 is 45.3 Å². The lowest BCUT2D eigenvalue weighted by Crippen LogP contribution is -2.75. The van der Waals surface area contributed by atoms with Crippen LogP contribution in [-0.4, -0.2) is 77.2 Å². The van der Waals surface area contributed by atoms with Gasteiger partial charge in [-0.1, -0.05) is 19.4 Å². The van der Waals surface area contributed by atoms with Gasteiger partial charge in [0, 0.05) is 11.3 Å². The molecule has 30 heavy (non-hydrogen) atoms. The molecule has 0 aromatic rings. The molecule has 168 valence electrons. The Balaban J connectivity index is 1.83. The van der Waals surface area contributed by atoms with Gasteiger partial charge in [-0.2, -0.15) is 0 Å². The van der Waals surface area contributed by atoms with Crippen LogP contribution >= 0.6 is 0 Å². The maximum Gasteiger partial charge on any atom is 0.284 e. The van der Waals surface area contributed by atoms with E-state index < -0.39 is 58.2 Å². The van der Waals surface area contributed by atoms with Gasteiger partial charge in [-0.05, 0) is 50.0 Å². The maximum atomic E-state index is 12.4. The van der Waals surface area contributed by atoms with Crippen LogP contribution in [-0.2, 0) is 9.59 Å². The summed E-state index contributed by atoms with van der Waals surface area (Å²) in [5, 5.41) is 74.0. The number of hydrogen-bond donors (Lipinski definition) is 7. The Morgan fingerprint density at radius 2 is 1.77 bits per heavy atom. The van der Waals surface area contributed by atoms with Crippen molar-refractivity contribution in [3.05, 3.63) is 11.6 Å². The van der Waals surface area contributed by atoms with Gasteiger partial charge < -0.3 is 35.7 Å². The van der Waals surface area contributed by atoms with E-state index >= 15 is 0 Å². The third-order valence-corrected chi connectivity index (χ3v) is 9.15. The van der Waals surface area contributed by atoms with E-state index in [0.717, 1.165) is 6.08 Å². The van der Waals surface area contributed by atoms with Gasteiger partial charge in [0.2, 0.25) is 11.6 Å². The van der Waals surface area contributed by atoms with Gasteiger partial charge in [0.15, 0.2) is 5.78 Å². The van der Waals surface area contributed by atoms with Crippen LogP contribution in [0.2, 0.25) is 0 Å². The quantitative estimate of drug-likeness (QED) is 0.255. The van der Waals surface area contributed by atoms with E-state index in [4.69, 9.17) is 0 Å². The molecule has 4 aliphatic rings. The highest BCUT2D eigenvalue weighted by Gasteiger charge is 2.75. The fourth-order valence-corrected chi connectivity index (χ4v) is 7.43. The van der Waals surface area contributed by atoms with Crippen molar-refractivity contribution in [2.45, 2.75) is 69.2 Å². The fraction of sp³-hybridized carbons (Fsp3) is 0.810. The number of carbonyl (C=O) groups excluding carboxylic acids is 2. The van der Waals surface area contributed by atoms with Crippen LogP contribution in [0.5, 0.6) is 0 Å². The highest BCUT2D eigenvalue weighted by atomic mass is 16.6. The highest BCUT2D eigenvalue weighted by Crippen LogP contribution is 2.69. The molecule has 0 aromatic heterocycles. The fourth-order valence-electron chi connectivity index (χ4n) is 7.43. The Bertz CT molecular complexity index is 832. The van der Waals surface area contributed by atoms with Crippen LogP contribution in [0.1, 0.15) is 46.0 Å². The molecule has 3 fully saturated rings. The van der Waals surface area contributed by atoms with E-state index in [9.17, 15) is 45.3 Å². The Kier molecular flexibility index (Phi) is 4.54. The monoisotopic (exact) mass is 426 g/mol. The minimum atomic E-state index is -3.43. The normalized spacial score (nSPS) is 49.0. The van der Waals surface area contributed by atoms with Gasteiger partial charge in [0.05, 0.1) is 11.5 Å². The van der Waals surface area contributed by atoms with Crippen molar-refractivity contribution in [2.24, 2.45) is 28.6 Å². The van der Waals surface area contributed by atoms with Crippen LogP contribution in [0, 0.1) is 28.6 Å². The highest BCUT2D eigenvalue weighted by molar-refractivity contribution is 5.98. The molecule has 0 aromatic carbocycles. The second-order valence-electron chi connectivity index (χ2n) is 10.1. The Morgan fingerprint density at radius 1 is 1.13 bits per heavy atom. The van der Waals surface area contributed by atoms with Gasteiger partial charge >= 0.3 is 0 Å². The average molecular weight is 426 g/mol. The summed E-state index contributed by atoms with van der Waals surface area (Å²) in [5.41, 5.74) is -4.22. The first-order valence-electron chi connectivity index (χ1n) is 10.4. The smallest absolute Gasteiger partial charge is 0.284 e. The van der Waals surface area contributed by atoms with Crippen molar-refractivity contribution in [3.8, 4) is 0 Å². The zero-order valence-electron chi connectivity index (χ0n) is 17.1. The van der Waals surface area contributed by atoms with Crippen molar-refractivity contribution in [2.75, 3.05) is 6.61 Å². The Morgan fingerprint density at radius 3 is 2.37 bits per heavy atom. The number of ketones is 2. The van der Waals surface area contributed by atoms with E-state index in [1.54, 1.807) is 6.92 Å². The topological polar surface area (TPSA) is 176 Å². The molecule has 9 heteroatoms. The number of carbonyl (C=O) groups is 2. The third kappa shape index (κ3) is 2.21. The molecule has 7 atom stereocenters. The Hall–Kier alpha value is -1.20. The van der Waals surface area contributed by atoms with E-state index in [1.807, 2.05) is 0 Å². The summed E-state index contributed by atoms with van der Waals surface area (Å²) in [6.07, 6.45) is 1.07. The molecule has 0 radical (unpaired) electrons. The lowest BCUT2D eigenvalue weighted by atomic mass is 9.43. The van der Waals surface area contributed by atoms with E-state index in [0.29, 0.717) is 18.4 Å². The minimum Gasteiger partial charge on any atom is -0.393 e. The summed E-state index contributed by atoms with van der Waals surface area (Å²) in [6.45, 7) is 2.31. The lowest BCUT2D eigenvalue weighted by molar-refractivity contribution is -0.390. The second-order valence-corrected chi connectivity index (χ2v) is 10.1. The molecule has 4 rings (SSSR count). The molecule has 7 N–H and O–H groups in total. The van der Waals surface area contributed by atoms with Crippen LogP contribution in [0.4, 0.5) is 0 Å². The van der Waals surface area contributed by atoms with Crippen LogP contribution < -0.4 is 0 Å². The van der Waals surface area contributed by atoms with E-state index in [-0.39, 0.29) is 31.1 Å². The summed E-state index contributed by atoms with van der Waals surface area (Å²) < 4.78 is 0. The van der Waals surface area contributed by atoms with Crippen LogP contribution in [0.25, 0.3) is 0 Å². The number of hydrogen-bond acceptors (Lipinski definition) is 9. The SMILES string of the molecule is C[C@@]12C(=CC(=O)C(O)(O)C1(O)O)CC[C@@H]1[C@@H]2[C@@H](O)C[C@@]2(C)[C@H]1CC[C@]2(O)C(=O)CO. The number of fused-ring (bicyclic) bond motifs is 5. The summed E-state index contributed by atoms with van der Waals surface area (Å²) in [4.78, 5) is 24.5. The third-order valence-electron chi connectivity index (χ3n) is 9.15. The van der Waals surface area contributed by atoms with Gasteiger partial charge in [-0.3, -0.25) is 9.59 Å². The number of Topliss-reactive ketones (excluding diaryl/α,β-unsaturated/α-hetero) is 1. The van der Waals surface area contributed by atoms with Crippen LogP contribution in [0.3, 0.4) is 0 Å². The predicted octanol–water partition coefficient (Wildman–Crippen LogP) is -1.64. The predicted molar refractivity (Wildman–Crippen MR) is 100 cm³/mol. The molecule has 0 saturated heterocycles. The average Bonchev–Trinajstić information content (AvgIpc) is 2.93. The summed E-state index contributed by atoms with van der Waals surface area (Å²) in [6, 6.07) is 0. The van der Waals surface area contributed by atoms with E-state index in [1.165, 1.54) is 6.92 Å². The first-order valence-corrected chi connectivity index (χ1v) is 10.4. The van der Waals surface area contributed by atoms with Gasteiger partial charge in [0.25, 0.3) is 5.79 Å². The zero-order chi connectivity index (χ0) is 22.5. The van der Waals surface area contributed by atoms with Crippen molar-refractivity contribution in [3.63, 3.8) is 0 Å². The lowest BCUT2D eigenvalue weighted by Gasteiger charge is -2.63. The number of rotatable bonds is 2. The number of aliphatic hydroxyl groups is 7. The number of aliphatic hydroxyl groups excluding tert-OH is 2. The van der Waals surface area contributed by atoms with Gasteiger partial charge in [-0.25, -0.2) is 0 Å². The first kappa shape index (κ1) is 22.0. The molecule has 0 heterocycles. The minimum absolute atomic E-state index is 0.0438. The van der Waals surface area contributed by atoms with Crippen molar-refractivity contribution in [1.82, 2.24) is 0 Å². The molecule has 4 aliphatic carbocycles. The van der Waals surface area contributed by atoms with Crippen LogP contribution in [0.15, 0.2) is 11.6 Å². The molecular formula is C21H30O9. The largest absolute Gasteiger partial charge is 0.393 e. The molecule has 0 bridgehead atoms. The molecule has 9 nitrogen and oxygen atoms in total. The molecule has 0 unspecified atom stereocenters. The second kappa shape index (κ2) is 6.19. The summed E-state index contributed by atoms with van der Waals surface area (Å²) >= 11 is 0. The van der Waals surface area contributed by atoms with Gasteiger partial charge in [-0.15, -0.1) is 0 Å². The molecular weight excluding hydrogens is 396 g/mol. The van der Waals surface area contributed by atoms with Crippen molar-refractivity contribution >= 4 is 11.6 Å². The maximum absolute atomic E-state index is 12.4. The first-order chi connectivity index (χ1) is 13.7. The molecule has 0 aliphatic heterocycles. The summed E-state index contributed by atoms with van der Waals surface area (Å²) in [7, 11) is 0. The Labute approximate surface area is 173 Å². The standard InChI is InChI=1S/C21H30O9/c1-17-8-13(23)16-11(12(17)5-6-19(17,26)15(25)9-22)4-3-10-7-14(24)20(27,28)21(29,30)18(10,16)2/h7,11-13,16,22-23,26-30H,3-6,8-9H2,1-2H3/t11-,12-,13-,16+,17-,18-,19-/m0/s1. The summed E-state index contributed by atoms with van der Waals surface area (Å²) in [5.74, 6) is -10.1. The van der Waals surface area contributed by atoms with Crippen molar-refractivity contribution in [1.29, 1.82) is 0 Å². The molecule has 0 amide bonds.